The van der Waals surface area contributed by atoms with Crippen LogP contribution in [-0.2, 0) is 17.1 Å². The van der Waals surface area contributed by atoms with Crippen LogP contribution >= 0.6 is 0 Å². The van der Waals surface area contributed by atoms with Gasteiger partial charge in [0.25, 0.3) is 0 Å². The minimum Gasteiger partial charge on any atom is -0.389 e. The molecule has 0 aromatic carbocycles. The van der Waals surface area contributed by atoms with Crippen molar-refractivity contribution in [2.75, 3.05) is 18.8 Å². The SMILES string of the molecule is Cc1c(S(=O)(=O)N2CC(O)C(O)C2)c(N)nn1C. The Morgan fingerprint density at radius 3 is 2.22 bits per heavy atom. The van der Waals surface area contributed by atoms with Crippen LogP contribution in [0.25, 0.3) is 0 Å². The number of hydrogen-bond acceptors (Lipinski definition) is 6. The number of nitrogen functional groups attached to an aromatic ring is 1. The third-order valence-corrected chi connectivity index (χ3v) is 5.13. The number of nitrogens with two attached hydrogens (primary N) is 1. The van der Waals surface area contributed by atoms with E-state index in [2.05, 4.69) is 5.10 Å². The van der Waals surface area contributed by atoms with Gasteiger partial charge in [-0.25, -0.2) is 8.42 Å². The van der Waals surface area contributed by atoms with E-state index in [1.54, 1.807) is 14.0 Å². The second-order valence-corrected chi connectivity index (χ2v) is 6.25. The zero-order valence-corrected chi connectivity index (χ0v) is 10.9. The zero-order valence-electron chi connectivity index (χ0n) is 10.1. The minimum absolute atomic E-state index is 0.0636. The van der Waals surface area contributed by atoms with Gasteiger partial charge < -0.3 is 15.9 Å². The molecule has 0 radical (unpaired) electrons. The zero-order chi connectivity index (χ0) is 13.7. The molecular weight excluding hydrogens is 260 g/mol. The molecule has 1 aliphatic rings. The first kappa shape index (κ1) is 13.3. The van der Waals surface area contributed by atoms with Gasteiger partial charge in [-0.2, -0.15) is 9.40 Å². The molecule has 18 heavy (non-hydrogen) atoms. The van der Waals surface area contributed by atoms with Crippen molar-refractivity contribution in [1.29, 1.82) is 0 Å². The van der Waals surface area contributed by atoms with Crippen molar-refractivity contribution in [3.8, 4) is 0 Å². The van der Waals surface area contributed by atoms with E-state index >= 15 is 0 Å². The Labute approximate surface area is 105 Å². The van der Waals surface area contributed by atoms with Gasteiger partial charge in [-0.1, -0.05) is 0 Å². The molecule has 0 amide bonds. The standard InChI is InChI=1S/C9H16N4O4S/c1-5-8(9(10)11-12(5)2)18(16,17)13-3-6(14)7(15)4-13/h6-7,14-15H,3-4H2,1-2H3,(H2,10,11). The van der Waals surface area contributed by atoms with E-state index in [0.29, 0.717) is 5.69 Å². The number of hydrogen-bond donors (Lipinski definition) is 3. The number of aliphatic hydroxyl groups is 2. The van der Waals surface area contributed by atoms with E-state index in [4.69, 9.17) is 5.73 Å². The van der Waals surface area contributed by atoms with E-state index in [9.17, 15) is 18.6 Å². The first-order valence-corrected chi connectivity index (χ1v) is 6.84. The van der Waals surface area contributed by atoms with Crippen molar-refractivity contribution in [2.45, 2.75) is 24.0 Å². The summed E-state index contributed by atoms with van der Waals surface area (Å²) in [7, 11) is -2.24. The van der Waals surface area contributed by atoms with Crippen LogP contribution < -0.4 is 5.73 Å². The third kappa shape index (κ3) is 1.88. The Morgan fingerprint density at radius 1 is 1.33 bits per heavy atom. The molecule has 0 bridgehead atoms. The van der Waals surface area contributed by atoms with E-state index < -0.39 is 22.2 Å². The lowest BCUT2D eigenvalue weighted by Crippen LogP contribution is -2.30. The summed E-state index contributed by atoms with van der Waals surface area (Å²) in [5, 5.41) is 22.7. The Hall–Kier alpha value is -1.16. The number of sulfonamides is 1. The molecule has 1 aromatic rings. The van der Waals surface area contributed by atoms with E-state index in [1.807, 2.05) is 0 Å². The monoisotopic (exact) mass is 276 g/mol. The fourth-order valence-electron chi connectivity index (χ4n) is 1.99. The van der Waals surface area contributed by atoms with Gasteiger partial charge in [0.2, 0.25) is 10.0 Å². The normalized spacial score (nSPS) is 25.8. The highest BCUT2D eigenvalue weighted by atomic mass is 32.2. The van der Waals surface area contributed by atoms with E-state index in [1.165, 1.54) is 4.68 Å². The summed E-state index contributed by atoms with van der Waals surface area (Å²) in [6.45, 7) is 1.31. The van der Waals surface area contributed by atoms with Crippen LogP contribution in [-0.4, -0.2) is 58.0 Å². The highest BCUT2D eigenvalue weighted by Crippen LogP contribution is 2.27. The van der Waals surface area contributed by atoms with Crippen molar-refractivity contribution in [1.82, 2.24) is 14.1 Å². The predicted octanol–water partition coefficient (Wildman–Crippen LogP) is -1.96. The Bertz CT molecular complexity index is 557. The number of aliphatic hydroxyl groups excluding tert-OH is 2. The number of nitrogens with zero attached hydrogens (tertiary/aromatic N) is 3. The predicted molar refractivity (Wildman–Crippen MR) is 63.1 cm³/mol. The molecule has 0 saturated carbocycles. The summed E-state index contributed by atoms with van der Waals surface area (Å²) in [6, 6.07) is 0. The number of aromatic nitrogens is 2. The smallest absolute Gasteiger partial charge is 0.248 e. The summed E-state index contributed by atoms with van der Waals surface area (Å²) < 4.78 is 27.1. The van der Waals surface area contributed by atoms with Crippen molar-refractivity contribution < 1.29 is 18.6 Å². The molecule has 1 aliphatic heterocycles. The summed E-state index contributed by atoms with van der Waals surface area (Å²) in [4.78, 5) is -0.0636. The van der Waals surface area contributed by atoms with Crippen LogP contribution in [0.1, 0.15) is 5.69 Å². The minimum atomic E-state index is -3.84. The van der Waals surface area contributed by atoms with Crippen LogP contribution in [0.5, 0.6) is 0 Å². The number of rotatable bonds is 2. The molecule has 8 nitrogen and oxygen atoms in total. The summed E-state index contributed by atoms with van der Waals surface area (Å²) in [5.74, 6) is -0.0779. The second kappa shape index (κ2) is 4.19. The van der Waals surface area contributed by atoms with Crippen molar-refractivity contribution in [3.05, 3.63) is 5.69 Å². The van der Waals surface area contributed by atoms with Crippen LogP contribution in [0.2, 0.25) is 0 Å². The Balaban J connectivity index is 2.44. The largest absolute Gasteiger partial charge is 0.389 e. The third-order valence-electron chi connectivity index (χ3n) is 3.13. The lowest BCUT2D eigenvalue weighted by atomic mass is 10.3. The van der Waals surface area contributed by atoms with Crippen molar-refractivity contribution in [3.63, 3.8) is 0 Å². The second-order valence-electron chi connectivity index (χ2n) is 4.38. The lowest BCUT2D eigenvalue weighted by molar-refractivity contribution is 0.0572. The summed E-state index contributed by atoms with van der Waals surface area (Å²) >= 11 is 0. The summed E-state index contributed by atoms with van der Waals surface area (Å²) in [6.07, 6.45) is -2.14. The molecule has 9 heteroatoms. The van der Waals surface area contributed by atoms with Crippen LogP contribution in [0, 0.1) is 6.92 Å². The molecular formula is C9H16N4O4S. The fourth-order valence-corrected chi connectivity index (χ4v) is 3.76. The van der Waals surface area contributed by atoms with Crippen LogP contribution in [0.3, 0.4) is 0 Å². The van der Waals surface area contributed by atoms with Crippen LogP contribution in [0.4, 0.5) is 5.82 Å². The molecule has 1 fully saturated rings. The van der Waals surface area contributed by atoms with Gasteiger partial charge in [0.1, 0.15) is 4.90 Å². The van der Waals surface area contributed by atoms with Crippen molar-refractivity contribution in [2.24, 2.45) is 7.05 Å². The molecule has 1 aromatic heterocycles. The maximum Gasteiger partial charge on any atom is 0.248 e. The van der Waals surface area contributed by atoms with Gasteiger partial charge in [0.05, 0.1) is 17.9 Å². The van der Waals surface area contributed by atoms with Gasteiger partial charge >= 0.3 is 0 Å². The average molecular weight is 276 g/mol. The van der Waals surface area contributed by atoms with Gasteiger partial charge in [-0.05, 0) is 6.92 Å². The van der Waals surface area contributed by atoms with E-state index in [0.717, 1.165) is 4.31 Å². The Kier molecular flexibility index (Phi) is 3.09. The van der Waals surface area contributed by atoms with Gasteiger partial charge in [-0.3, -0.25) is 4.68 Å². The van der Waals surface area contributed by atoms with Gasteiger partial charge in [-0.15, -0.1) is 0 Å². The number of aryl methyl sites for hydroxylation is 1. The van der Waals surface area contributed by atoms with Crippen molar-refractivity contribution >= 4 is 15.8 Å². The fraction of sp³-hybridized carbons (Fsp3) is 0.667. The molecule has 2 rings (SSSR count). The first-order valence-electron chi connectivity index (χ1n) is 5.40. The molecule has 0 spiro atoms. The summed E-state index contributed by atoms with van der Waals surface area (Å²) in [5.41, 5.74) is 6.02. The molecule has 2 atom stereocenters. The molecule has 2 unspecified atom stereocenters. The molecule has 0 aliphatic carbocycles. The van der Waals surface area contributed by atoms with Gasteiger partial charge in [0, 0.05) is 20.1 Å². The number of anilines is 1. The molecule has 102 valence electrons. The average Bonchev–Trinajstić information content (AvgIpc) is 2.70. The van der Waals surface area contributed by atoms with Crippen LogP contribution in [0.15, 0.2) is 4.90 Å². The highest BCUT2D eigenvalue weighted by Gasteiger charge is 2.40. The Morgan fingerprint density at radius 2 is 1.83 bits per heavy atom. The molecule has 4 N–H and O–H groups in total. The van der Waals surface area contributed by atoms with Gasteiger partial charge in [0.15, 0.2) is 5.82 Å². The first-order chi connectivity index (χ1) is 8.25. The maximum atomic E-state index is 12.4. The topological polar surface area (TPSA) is 122 Å². The maximum absolute atomic E-state index is 12.4. The molecule has 2 heterocycles. The quantitative estimate of drug-likeness (QED) is 0.576. The highest BCUT2D eigenvalue weighted by molar-refractivity contribution is 7.89. The van der Waals surface area contributed by atoms with E-state index in [-0.39, 0.29) is 23.8 Å². The number of β-amino-alcohol motifs (C(OH)–C–C–N with tert-alkyl or cyclic N) is 2. The lowest BCUT2D eigenvalue weighted by Gasteiger charge is -2.15. The molecule has 1 saturated heterocycles.